The fourth-order valence-electron chi connectivity index (χ4n) is 3.99. The van der Waals surface area contributed by atoms with Crippen molar-refractivity contribution in [2.75, 3.05) is 20.2 Å². The Hall–Kier alpha value is -3.93. The van der Waals surface area contributed by atoms with Crippen molar-refractivity contribution in [3.8, 4) is 5.75 Å². The average molecular weight is 459 g/mol. The molecule has 6 heteroatoms. The van der Waals surface area contributed by atoms with Gasteiger partial charge < -0.3 is 14.5 Å². The zero-order chi connectivity index (χ0) is 24.1. The Labute approximate surface area is 199 Å². The molecular weight excluding hydrogens is 431 g/mol. The predicted molar refractivity (Wildman–Crippen MR) is 129 cm³/mol. The number of nitrogens with zero attached hydrogens (tertiary/aromatic N) is 2. The van der Waals surface area contributed by atoms with E-state index in [1.165, 1.54) is 12.1 Å². The molecule has 3 aromatic rings. The largest absolute Gasteiger partial charge is 0.497 e. The highest BCUT2D eigenvalue weighted by atomic mass is 19.1. The van der Waals surface area contributed by atoms with Crippen molar-refractivity contribution in [2.45, 2.75) is 19.5 Å². The number of hydrogen-bond acceptors (Lipinski definition) is 3. The van der Waals surface area contributed by atoms with E-state index in [1.54, 1.807) is 41.2 Å². The first-order valence-electron chi connectivity index (χ1n) is 11.1. The van der Waals surface area contributed by atoms with Crippen LogP contribution in [0.25, 0.3) is 0 Å². The van der Waals surface area contributed by atoms with E-state index < -0.39 is 0 Å². The fourth-order valence-corrected chi connectivity index (χ4v) is 3.99. The molecule has 0 unspecified atom stereocenters. The molecule has 5 nitrogen and oxygen atoms in total. The number of aryl methyl sites for hydroxylation is 1. The molecule has 0 bridgehead atoms. The fraction of sp³-hybridized carbons (Fsp3) is 0.214. The number of rotatable bonds is 5. The first-order chi connectivity index (χ1) is 16.4. The van der Waals surface area contributed by atoms with E-state index in [-0.39, 0.29) is 36.8 Å². The van der Waals surface area contributed by atoms with Crippen molar-refractivity contribution < 1.29 is 18.7 Å². The quantitative estimate of drug-likeness (QED) is 0.510. The number of amides is 2. The van der Waals surface area contributed by atoms with Crippen LogP contribution < -0.4 is 4.74 Å². The van der Waals surface area contributed by atoms with Gasteiger partial charge in [0.05, 0.1) is 13.2 Å². The lowest BCUT2D eigenvalue weighted by atomic mass is 10.0. The second-order valence-corrected chi connectivity index (χ2v) is 8.35. The van der Waals surface area contributed by atoms with Crippen LogP contribution >= 0.6 is 0 Å². The van der Waals surface area contributed by atoms with Gasteiger partial charge in [0.15, 0.2) is 0 Å². The van der Waals surface area contributed by atoms with Crippen molar-refractivity contribution in [1.82, 2.24) is 9.80 Å². The number of halogens is 1. The van der Waals surface area contributed by atoms with E-state index >= 15 is 0 Å². The number of carbonyl (C=O) groups is 2. The Balaban J connectivity index is 1.65. The number of carbonyl (C=O) groups excluding carboxylic acids is 2. The summed E-state index contributed by atoms with van der Waals surface area (Å²) in [6.45, 7) is 2.52. The van der Waals surface area contributed by atoms with Gasteiger partial charge in [-0.25, -0.2) is 4.39 Å². The zero-order valence-electron chi connectivity index (χ0n) is 19.3. The topological polar surface area (TPSA) is 49.9 Å². The van der Waals surface area contributed by atoms with E-state index in [1.807, 2.05) is 55.5 Å². The maximum atomic E-state index is 13.5. The molecule has 0 fully saturated rings. The Bertz CT molecular complexity index is 1170. The summed E-state index contributed by atoms with van der Waals surface area (Å²) in [5.41, 5.74) is 3.33. The molecule has 0 aromatic heterocycles. The summed E-state index contributed by atoms with van der Waals surface area (Å²) in [5.74, 6) is 0.0200. The van der Waals surface area contributed by atoms with Gasteiger partial charge >= 0.3 is 0 Å². The number of methoxy groups -OCH3 is 1. The summed E-state index contributed by atoms with van der Waals surface area (Å²) in [7, 11) is 1.61. The van der Waals surface area contributed by atoms with Gasteiger partial charge in [-0.1, -0.05) is 54.1 Å². The molecule has 0 spiro atoms. The highest BCUT2D eigenvalue weighted by Crippen LogP contribution is 2.28. The van der Waals surface area contributed by atoms with Gasteiger partial charge in [-0.2, -0.15) is 0 Å². The lowest BCUT2D eigenvalue weighted by Crippen LogP contribution is -2.45. The third-order valence-corrected chi connectivity index (χ3v) is 5.94. The van der Waals surface area contributed by atoms with Crippen LogP contribution in [-0.2, 0) is 11.3 Å². The predicted octanol–water partition coefficient (Wildman–Crippen LogP) is 4.92. The zero-order valence-corrected chi connectivity index (χ0v) is 19.3. The van der Waals surface area contributed by atoms with Crippen LogP contribution in [0, 0.1) is 12.7 Å². The Morgan fingerprint density at radius 1 is 1.00 bits per heavy atom. The van der Waals surface area contributed by atoms with E-state index in [4.69, 9.17) is 4.74 Å². The highest BCUT2D eigenvalue weighted by Gasteiger charge is 2.29. The Morgan fingerprint density at radius 2 is 1.68 bits per heavy atom. The van der Waals surface area contributed by atoms with E-state index in [0.29, 0.717) is 12.1 Å². The summed E-state index contributed by atoms with van der Waals surface area (Å²) < 4.78 is 18.7. The molecule has 0 saturated carbocycles. The molecule has 0 radical (unpaired) electrons. The molecule has 1 aliphatic rings. The molecule has 3 aromatic carbocycles. The number of hydrogen-bond donors (Lipinski definition) is 0. The summed E-state index contributed by atoms with van der Waals surface area (Å²) in [5, 5.41) is 0. The van der Waals surface area contributed by atoms with E-state index in [2.05, 4.69) is 0 Å². The average Bonchev–Trinajstić information content (AvgIpc) is 2.85. The summed E-state index contributed by atoms with van der Waals surface area (Å²) in [6, 6.07) is 20.7. The second-order valence-electron chi connectivity index (χ2n) is 8.35. The van der Waals surface area contributed by atoms with Crippen molar-refractivity contribution >= 4 is 11.8 Å². The number of ether oxygens (including phenoxy) is 1. The monoisotopic (exact) mass is 458 g/mol. The maximum absolute atomic E-state index is 13.5. The lowest BCUT2D eigenvalue weighted by Gasteiger charge is -2.34. The van der Waals surface area contributed by atoms with E-state index in [9.17, 15) is 14.0 Å². The van der Waals surface area contributed by atoms with Gasteiger partial charge in [-0.3, -0.25) is 9.59 Å². The first kappa shape index (κ1) is 23.2. The third kappa shape index (κ3) is 5.34. The van der Waals surface area contributed by atoms with Gasteiger partial charge in [0, 0.05) is 18.7 Å². The minimum absolute atomic E-state index is 0.0507. The van der Waals surface area contributed by atoms with E-state index in [0.717, 1.165) is 22.4 Å². The van der Waals surface area contributed by atoms with Gasteiger partial charge in [-0.05, 0) is 54.4 Å². The standard InChI is InChI=1S/C28H27FN2O3/c1-20-5-9-23(10-6-20)28(33)30-17-3-4-26(22-11-15-25(34-2)16-12-22)31(27(32)19-30)18-21-7-13-24(29)14-8-21/h3-16,26H,17-19H2,1-2H3/b4-3-/t26-/m1/s1. The minimum atomic E-state index is -0.333. The summed E-state index contributed by atoms with van der Waals surface area (Å²) in [6.07, 6.45) is 3.86. The van der Waals surface area contributed by atoms with Crippen LogP contribution in [0.4, 0.5) is 4.39 Å². The molecule has 1 atom stereocenters. The summed E-state index contributed by atoms with van der Waals surface area (Å²) >= 11 is 0. The third-order valence-electron chi connectivity index (χ3n) is 5.94. The van der Waals surface area contributed by atoms with Gasteiger partial charge in [0.1, 0.15) is 18.1 Å². The smallest absolute Gasteiger partial charge is 0.254 e. The Kier molecular flexibility index (Phi) is 7.07. The van der Waals surface area contributed by atoms with Crippen molar-refractivity contribution in [3.63, 3.8) is 0 Å². The van der Waals surface area contributed by atoms with Crippen LogP contribution in [0.15, 0.2) is 84.9 Å². The normalized spacial score (nSPS) is 17.1. The molecule has 34 heavy (non-hydrogen) atoms. The van der Waals surface area contributed by atoms with Gasteiger partial charge in [0.25, 0.3) is 5.91 Å². The molecule has 0 aliphatic carbocycles. The highest BCUT2D eigenvalue weighted by molar-refractivity contribution is 5.96. The SMILES string of the molecule is COc1ccc([C@H]2/C=C\CN(C(=O)c3ccc(C)cc3)CC(=O)N2Cc2ccc(F)cc2)cc1. The molecule has 174 valence electrons. The first-order valence-corrected chi connectivity index (χ1v) is 11.1. The maximum Gasteiger partial charge on any atom is 0.254 e. The number of benzene rings is 3. The second kappa shape index (κ2) is 10.3. The molecule has 1 heterocycles. The van der Waals surface area contributed by atoms with Gasteiger partial charge in [-0.15, -0.1) is 0 Å². The van der Waals surface area contributed by atoms with Crippen LogP contribution in [0.2, 0.25) is 0 Å². The molecule has 0 N–H and O–H groups in total. The molecule has 2 amide bonds. The molecule has 1 aliphatic heterocycles. The van der Waals surface area contributed by atoms with Crippen LogP contribution in [0.5, 0.6) is 5.75 Å². The van der Waals surface area contributed by atoms with Crippen molar-refractivity contribution in [1.29, 1.82) is 0 Å². The molecule has 4 rings (SSSR count). The van der Waals surface area contributed by atoms with Crippen molar-refractivity contribution in [3.05, 3.63) is 113 Å². The van der Waals surface area contributed by atoms with Gasteiger partial charge in [0.2, 0.25) is 5.91 Å². The lowest BCUT2D eigenvalue weighted by molar-refractivity contribution is -0.134. The molecular formula is C28H27FN2O3. The Morgan fingerprint density at radius 3 is 2.32 bits per heavy atom. The summed E-state index contributed by atoms with van der Waals surface area (Å²) in [4.78, 5) is 29.9. The molecule has 0 saturated heterocycles. The van der Waals surface area contributed by atoms with Crippen LogP contribution in [0.3, 0.4) is 0 Å². The van der Waals surface area contributed by atoms with Crippen LogP contribution in [0.1, 0.15) is 33.1 Å². The minimum Gasteiger partial charge on any atom is -0.497 e. The van der Waals surface area contributed by atoms with Crippen LogP contribution in [-0.4, -0.2) is 41.8 Å². The van der Waals surface area contributed by atoms with Crippen molar-refractivity contribution in [2.24, 2.45) is 0 Å².